The smallest absolute Gasteiger partial charge is 0.406 e. The van der Waals surface area contributed by atoms with Gasteiger partial charge in [-0.05, 0) is 37.6 Å². The average molecular weight is 505 g/mol. The molecule has 3 rings (SSSR count). The number of ether oxygens (including phenoxy) is 1. The van der Waals surface area contributed by atoms with Gasteiger partial charge in [0.15, 0.2) is 0 Å². The van der Waals surface area contributed by atoms with Crippen molar-refractivity contribution in [1.82, 2.24) is 9.97 Å². The summed E-state index contributed by atoms with van der Waals surface area (Å²) in [6, 6.07) is 9.60. The van der Waals surface area contributed by atoms with Gasteiger partial charge < -0.3 is 15.4 Å². The molecule has 1 heterocycles. The van der Waals surface area contributed by atoms with E-state index in [-0.39, 0.29) is 34.1 Å². The number of nitrogens with one attached hydrogen (secondary N) is 2. The molecule has 0 aliphatic heterocycles. The van der Waals surface area contributed by atoms with Gasteiger partial charge in [-0.25, -0.2) is 4.98 Å². The van der Waals surface area contributed by atoms with E-state index in [4.69, 9.17) is 11.6 Å². The topological polar surface area (TPSA) is 59.1 Å². The lowest BCUT2D eigenvalue weighted by Crippen LogP contribution is -2.17. The Balaban J connectivity index is 2.08. The van der Waals surface area contributed by atoms with E-state index >= 15 is 0 Å². The fraction of sp³-hybridized carbons (Fsp3) is 0.273. The van der Waals surface area contributed by atoms with Gasteiger partial charge in [0.2, 0.25) is 5.95 Å². The zero-order chi connectivity index (χ0) is 25.1. The van der Waals surface area contributed by atoms with Gasteiger partial charge >= 0.3 is 12.5 Å². The first kappa shape index (κ1) is 25.4. The van der Waals surface area contributed by atoms with Crippen LogP contribution in [-0.2, 0) is 6.18 Å². The molecule has 182 valence electrons. The van der Waals surface area contributed by atoms with Crippen LogP contribution in [-0.4, -0.2) is 22.4 Å². The van der Waals surface area contributed by atoms with Crippen LogP contribution in [0, 0.1) is 0 Å². The lowest BCUT2D eigenvalue weighted by Gasteiger charge is -2.18. The van der Waals surface area contributed by atoms with Gasteiger partial charge in [-0.1, -0.05) is 36.7 Å². The fourth-order valence-electron chi connectivity index (χ4n) is 2.91. The Kier molecular flexibility index (Phi) is 7.44. The first-order valence-electron chi connectivity index (χ1n) is 10.00. The van der Waals surface area contributed by atoms with Crippen molar-refractivity contribution < 1.29 is 31.1 Å². The molecule has 3 aromatic rings. The summed E-state index contributed by atoms with van der Waals surface area (Å²) in [5.41, 5.74) is -1.03. The number of alkyl halides is 6. The van der Waals surface area contributed by atoms with Crippen molar-refractivity contribution >= 4 is 29.1 Å². The highest BCUT2D eigenvalue weighted by atomic mass is 35.5. The van der Waals surface area contributed by atoms with Crippen molar-refractivity contribution in [3.63, 3.8) is 0 Å². The number of hydrogen-bond donors (Lipinski definition) is 2. The van der Waals surface area contributed by atoms with Gasteiger partial charge in [0.25, 0.3) is 0 Å². The van der Waals surface area contributed by atoms with Crippen LogP contribution in [0.4, 0.5) is 43.8 Å². The van der Waals surface area contributed by atoms with Crippen LogP contribution in [0.3, 0.4) is 0 Å². The lowest BCUT2D eigenvalue weighted by molar-refractivity contribution is -0.274. The lowest BCUT2D eigenvalue weighted by atomic mass is 10.1. The van der Waals surface area contributed by atoms with Crippen LogP contribution in [0.25, 0.3) is 11.3 Å². The summed E-state index contributed by atoms with van der Waals surface area (Å²) in [6.45, 7) is 3.74. The Bertz CT molecular complexity index is 1150. The first-order valence-corrected chi connectivity index (χ1v) is 10.4. The molecule has 0 saturated heterocycles. The average Bonchev–Trinajstić information content (AvgIpc) is 2.73. The molecule has 0 unspecified atom stereocenters. The minimum Gasteiger partial charge on any atom is -0.406 e. The molecular weight excluding hydrogens is 486 g/mol. The van der Waals surface area contributed by atoms with E-state index in [9.17, 15) is 26.3 Å². The van der Waals surface area contributed by atoms with Crippen molar-refractivity contribution in [2.75, 3.05) is 10.6 Å². The summed E-state index contributed by atoms with van der Waals surface area (Å²) in [7, 11) is 0. The summed E-state index contributed by atoms with van der Waals surface area (Å²) in [4.78, 5) is 8.53. The molecule has 0 bridgehead atoms. The third-order valence-electron chi connectivity index (χ3n) is 4.65. The highest BCUT2D eigenvalue weighted by Gasteiger charge is 2.34. The van der Waals surface area contributed by atoms with Gasteiger partial charge in [0.1, 0.15) is 11.6 Å². The number of halogens is 7. The largest absolute Gasteiger partial charge is 0.573 e. The third kappa shape index (κ3) is 6.66. The first-order chi connectivity index (χ1) is 15.9. The van der Waals surface area contributed by atoms with Crippen molar-refractivity contribution in [3.05, 3.63) is 59.1 Å². The summed E-state index contributed by atoms with van der Waals surface area (Å²) in [5, 5.41) is 5.41. The minimum atomic E-state index is -4.89. The van der Waals surface area contributed by atoms with Crippen molar-refractivity contribution in [1.29, 1.82) is 0 Å². The SMILES string of the molecule is CC[C@H](C)Nc1nc(Nc2c(Cl)cccc2C(F)(F)F)cc(-c2cccc(OC(F)(F)F)c2)n1. The predicted octanol–water partition coefficient (Wildman–Crippen LogP) is 7.67. The van der Waals surface area contributed by atoms with Gasteiger partial charge in [0, 0.05) is 17.7 Å². The van der Waals surface area contributed by atoms with Gasteiger partial charge in [-0.15, -0.1) is 13.2 Å². The highest BCUT2D eigenvalue weighted by Crippen LogP contribution is 2.40. The molecule has 2 N–H and O–H groups in total. The molecule has 5 nitrogen and oxygen atoms in total. The molecule has 0 fully saturated rings. The number of benzene rings is 2. The van der Waals surface area contributed by atoms with E-state index in [0.717, 1.165) is 18.2 Å². The summed E-state index contributed by atoms with van der Waals surface area (Å²) >= 11 is 6.03. The Morgan fingerprint density at radius 1 is 1.00 bits per heavy atom. The zero-order valence-electron chi connectivity index (χ0n) is 17.9. The molecule has 2 aromatic carbocycles. The highest BCUT2D eigenvalue weighted by molar-refractivity contribution is 6.33. The molecule has 0 amide bonds. The fourth-order valence-corrected chi connectivity index (χ4v) is 3.14. The Morgan fingerprint density at radius 2 is 1.71 bits per heavy atom. The molecule has 12 heteroatoms. The van der Waals surface area contributed by atoms with Crippen LogP contribution in [0.2, 0.25) is 5.02 Å². The molecule has 1 aromatic heterocycles. The van der Waals surface area contributed by atoms with Gasteiger partial charge in [-0.3, -0.25) is 0 Å². The number of aromatic nitrogens is 2. The Morgan fingerprint density at radius 3 is 2.35 bits per heavy atom. The number of rotatable bonds is 7. The summed E-state index contributed by atoms with van der Waals surface area (Å²) in [5.74, 6) is -0.450. The maximum atomic E-state index is 13.5. The quantitative estimate of drug-likeness (QED) is 0.323. The predicted molar refractivity (Wildman–Crippen MR) is 117 cm³/mol. The normalized spacial score (nSPS) is 12.9. The monoisotopic (exact) mass is 504 g/mol. The third-order valence-corrected chi connectivity index (χ3v) is 4.96. The van der Waals surface area contributed by atoms with E-state index in [1.165, 1.54) is 30.3 Å². The zero-order valence-corrected chi connectivity index (χ0v) is 18.6. The molecular formula is C22H19ClF6N4O. The van der Waals surface area contributed by atoms with Crippen molar-refractivity contribution in [3.8, 4) is 17.0 Å². The van der Waals surface area contributed by atoms with Crippen LogP contribution >= 0.6 is 11.6 Å². The van der Waals surface area contributed by atoms with Crippen LogP contribution in [0.15, 0.2) is 48.5 Å². The number of hydrogen-bond acceptors (Lipinski definition) is 5. The second-order valence-electron chi connectivity index (χ2n) is 7.28. The molecule has 1 atom stereocenters. The molecule has 0 aliphatic rings. The second kappa shape index (κ2) is 9.96. The summed E-state index contributed by atoms with van der Waals surface area (Å²) < 4.78 is 82.3. The maximum absolute atomic E-state index is 13.5. The van der Waals surface area contributed by atoms with Gasteiger partial charge in [0.05, 0.1) is 22.0 Å². The standard InChI is InChI=1S/C22H19ClF6N4O/c1-3-12(2)30-20-31-17(13-6-4-7-14(10-13)34-22(27,28)29)11-18(33-20)32-19-15(21(24,25)26)8-5-9-16(19)23/h4-12H,3H2,1-2H3,(H2,30,31,32,33)/t12-/m0/s1. The summed E-state index contributed by atoms with van der Waals surface area (Å²) in [6.07, 6.45) is -8.89. The minimum absolute atomic E-state index is 0.0449. The van der Waals surface area contributed by atoms with E-state index < -0.39 is 29.5 Å². The molecule has 0 radical (unpaired) electrons. The molecule has 0 aliphatic carbocycles. The second-order valence-corrected chi connectivity index (χ2v) is 7.68. The van der Waals surface area contributed by atoms with E-state index in [2.05, 4.69) is 25.3 Å². The van der Waals surface area contributed by atoms with Crippen molar-refractivity contribution in [2.24, 2.45) is 0 Å². The maximum Gasteiger partial charge on any atom is 0.573 e. The number of anilines is 3. The number of nitrogens with zero attached hydrogens (tertiary/aromatic N) is 2. The van der Waals surface area contributed by atoms with E-state index in [1.54, 1.807) is 0 Å². The number of para-hydroxylation sites is 1. The van der Waals surface area contributed by atoms with Crippen LogP contribution < -0.4 is 15.4 Å². The molecule has 34 heavy (non-hydrogen) atoms. The van der Waals surface area contributed by atoms with Crippen LogP contribution in [0.5, 0.6) is 5.75 Å². The Labute approximate surface area is 196 Å². The van der Waals surface area contributed by atoms with Crippen molar-refractivity contribution in [2.45, 2.75) is 38.8 Å². The van der Waals surface area contributed by atoms with E-state index in [1.807, 2.05) is 13.8 Å². The molecule has 0 saturated carbocycles. The Hall–Kier alpha value is -3.21. The van der Waals surface area contributed by atoms with E-state index in [0.29, 0.717) is 6.42 Å². The molecule has 0 spiro atoms. The van der Waals surface area contributed by atoms with Gasteiger partial charge in [-0.2, -0.15) is 18.2 Å². The van der Waals surface area contributed by atoms with Crippen LogP contribution in [0.1, 0.15) is 25.8 Å².